The van der Waals surface area contributed by atoms with E-state index in [2.05, 4.69) is 5.32 Å². The summed E-state index contributed by atoms with van der Waals surface area (Å²) in [5.41, 5.74) is 8.61. The van der Waals surface area contributed by atoms with Crippen molar-refractivity contribution in [2.24, 2.45) is 0 Å². The van der Waals surface area contributed by atoms with E-state index in [1.165, 1.54) is 28.7 Å². The lowest BCUT2D eigenvalue weighted by Crippen LogP contribution is -2.15. The third kappa shape index (κ3) is 3.58. The van der Waals surface area contributed by atoms with Crippen molar-refractivity contribution < 1.29 is 14.5 Å². The maximum Gasteiger partial charge on any atom is 0.270 e. The third-order valence-corrected chi connectivity index (χ3v) is 5.29. The number of hydrogen-bond donors (Lipinski definition) is 2. The van der Waals surface area contributed by atoms with Crippen LogP contribution in [0.25, 0.3) is 5.52 Å². The fraction of sp³-hybridized carbons (Fsp3) is 0.0833. The number of benzene rings is 2. The Morgan fingerprint density at radius 3 is 2.56 bits per heavy atom. The fourth-order valence-electron chi connectivity index (χ4n) is 3.73. The number of amides is 1. The van der Waals surface area contributed by atoms with Gasteiger partial charge in [-0.2, -0.15) is 0 Å². The number of nitrogen functional groups attached to an aromatic ring is 1. The minimum atomic E-state index is -0.569. The molecule has 1 amide bonds. The Morgan fingerprint density at radius 2 is 1.81 bits per heavy atom. The second kappa shape index (κ2) is 8.35. The molecule has 160 valence electrons. The lowest BCUT2D eigenvalue weighted by atomic mass is 10.1. The predicted octanol–water partition coefficient (Wildman–Crippen LogP) is 4.48. The van der Waals surface area contributed by atoms with E-state index in [1.54, 1.807) is 30.5 Å². The molecule has 2 heterocycles. The molecule has 0 aliphatic rings. The normalized spacial score (nSPS) is 10.8. The molecule has 0 saturated carbocycles. The molecule has 0 atom stereocenters. The summed E-state index contributed by atoms with van der Waals surface area (Å²) in [7, 11) is 0. The van der Waals surface area contributed by atoms with Gasteiger partial charge in [0.05, 0.1) is 21.7 Å². The van der Waals surface area contributed by atoms with Crippen LogP contribution in [-0.4, -0.2) is 21.0 Å². The first-order valence-corrected chi connectivity index (χ1v) is 9.99. The fourth-order valence-corrected chi connectivity index (χ4v) is 3.73. The Bertz CT molecular complexity index is 1370. The number of nitrogens with zero attached hydrogens (tertiary/aromatic N) is 2. The lowest BCUT2D eigenvalue weighted by molar-refractivity contribution is -0.384. The van der Waals surface area contributed by atoms with E-state index in [0.29, 0.717) is 11.2 Å². The molecule has 8 heteroatoms. The molecule has 0 radical (unpaired) electrons. The highest BCUT2D eigenvalue weighted by Crippen LogP contribution is 2.30. The van der Waals surface area contributed by atoms with Crippen molar-refractivity contribution in [2.75, 3.05) is 11.1 Å². The van der Waals surface area contributed by atoms with Crippen LogP contribution in [0.15, 0.2) is 72.9 Å². The highest BCUT2D eigenvalue weighted by Gasteiger charge is 2.27. The molecule has 4 aromatic rings. The molecule has 2 aromatic heterocycles. The Balaban J connectivity index is 1.82. The Kier molecular flexibility index (Phi) is 5.43. The van der Waals surface area contributed by atoms with E-state index in [9.17, 15) is 19.7 Å². The zero-order valence-corrected chi connectivity index (χ0v) is 17.2. The van der Waals surface area contributed by atoms with Gasteiger partial charge in [-0.15, -0.1) is 0 Å². The van der Waals surface area contributed by atoms with Gasteiger partial charge in [-0.05, 0) is 30.2 Å². The van der Waals surface area contributed by atoms with Crippen LogP contribution in [0, 0.1) is 10.1 Å². The average Bonchev–Trinajstić information content (AvgIpc) is 3.10. The lowest BCUT2D eigenvalue weighted by Gasteiger charge is -2.10. The quantitative estimate of drug-likeness (QED) is 0.267. The number of ketones is 1. The molecule has 4 rings (SSSR count). The molecule has 0 aliphatic heterocycles. The number of nitrogens with one attached hydrogen (secondary N) is 1. The zero-order valence-electron chi connectivity index (χ0n) is 17.2. The number of pyridine rings is 1. The topological polar surface area (TPSA) is 120 Å². The van der Waals surface area contributed by atoms with E-state index in [0.717, 1.165) is 12.0 Å². The van der Waals surface area contributed by atoms with Gasteiger partial charge >= 0.3 is 0 Å². The number of nitro benzene ring substituents is 1. The van der Waals surface area contributed by atoms with Crippen LogP contribution in [0.2, 0.25) is 0 Å². The summed E-state index contributed by atoms with van der Waals surface area (Å²) in [6.07, 6.45) is 2.37. The second-order valence-electron chi connectivity index (χ2n) is 7.19. The SMILES string of the molecule is CCc1ccccc1NC(=O)c1c(N)c(C(=O)c2cccc([N+](=O)[O-])c2)n2ccccc12. The van der Waals surface area contributed by atoms with Crippen molar-refractivity contribution in [1.29, 1.82) is 0 Å². The number of aryl methyl sites for hydroxylation is 1. The number of carbonyl (C=O) groups excluding carboxylic acids is 2. The minimum Gasteiger partial charge on any atom is -0.396 e. The minimum absolute atomic E-state index is 0.0131. The zero-order chi connectivity index (χ0) is 22.8. The number of hydrogen-bond acceptors (Lipinski definition) is 5. The first kappa shape index (κ1) is 20.8. The van der Waals surface area contributed by atoms with Crippen molar-refractivity contribution in [3.63, 3.8) is 0 Å². The number of aromatic nitrogens is 1. The first-order chi connectivity index (χ1) is 15.4. The van der Waals surface area contributed by atoms with Gasteiger partial charge in [0.2, 0.25) is 5.78 Å². The van der Waals surface area contributed by atoms with E-state index in [-0.39, 0.29) is 28.2 Å². The summed E-state index contributed by atoms with van der Waals surface area (Å²) < 4.78 is 1.54. The molecular weight excluding hydrogens is 408 g/mol. The van der Waals surface area contributed by atoms with Gasteiger partial charge < -0.3 is 15.5 Å². The number of anilines is 2. The van der Waals surface area contributed by atoms with Crippen LogP contribution < -0.4 is 11.1 Å². The third-order valence-electron chi connectivity index (χ3n) is 5.29. The van der Waals surface area contributed by atoms with Gasteiger partial charge in [0.15, 0.2) is 0 Å². The van der Waals surface area contributed by atoms with Crippen LogP contribution in [-0.2, 0) is 6.42 Å². The summed E-state index contributed by atoms with van der Waals surface area (Å²) in [4.78, 5) is 37.1. The summed E-state index contributed by atoms with van der Waals surface area (Å²) in [6.45, 7) is 1.99. The number of fused-ring (bicyclic) bond motifs is 1. The van der Waals surface area contributed by atoms with Crippen molar-refractivity contribution >= 4 is 34.3 Å². The van der Waals surface area contributed by atoms with Crippen molar-refractivity contribution in [2.45, 2.75) is 13.3 Å². The smallest absolute Gasteiger partial charge is 0.270 e. The number of nitro groups is 1. The molecule has 3 N–H and O–H groups in total. The molecule has 0 fully saturated rings. The molecule has 2 aromatic carbocycles. The molecular formula is C24H20N4O4. The Morgan fingerprint density at radius 1 is 1.06 bits per heavy atom. The van der Waals surface area contributed by atoms with Crippen molar-refractivity contribution in [3.8, 4) is 0 Å². The largest absolute Gasteiger partial charge is 0.396 e. The molecule has 0 aliphatic carbocycles. The maximum absolute atomic E-state index is 13.3. The number of non-ortho nitro benzene ring substituents is 1. The average molecular weight is 428 g/mol. The standard InChI is InChI=1S/C24H20N4O4/c1-2-15-8-3-4-11-18(15)26-24(30)20-19-12-5-6-13-27(19)22(21(20)25)23(29)16-9-7-10-17(14-16)28(31)32/h3-14H,2,25H2,1H3,(H,26,30). The molecule has 8 nitrogen and oxygen atoms in total. The summed E-state index contributed by atoms with van der Waals surface area (Å²) in [6, 6.07) is 18.0. The van der Waals surface area contributed by atoms with Gasteiger partial charge in [-0.1, -0.05) is 43.3 Å². The summed E-state index contributed by atoms with van der Waals surface area (Å²) >= 11 is 0. The van der Waals surface area contributed by atoms with Gasteiger partial charge in [0.1, 0.15) is 5.69 Å². The molecule has 0 unspecified atom stereocenters. The van der Waals surface area contributed by atoms with E-state index < -0.39 is 16.6 Å². The highest BCUT2D eigenvalue weighted by atomic mass is 16.6. The van der Waals surface area contributed by atoms with Crippen molar-refractivity contribution in [1.82, 2.24) is 4.40 Å². The predicted molar refractivity (Wildman–Crippen MR) is 122 cm³/mol. The Hall–Kier alpha value is -4.46. The molecule has 32 heavy (non-hydrogen) atoms. The van der Waals surface area contributed by atoms with Gasteiger partial charge in [0.25, 0.3) is 11.6 Å². The van der Waals surface area contributed by atoms with Crippen LogP contribution in [0.3, 0.4) is 0 Å². The van der Waals surface area contributed by atoms with Gasteiger partial charge in [0, 0.05) is 29.6 Å². The van der Waals surface area contributed by atoms with Gasteiger partial charge in [-0.25, -0.2) is 0 Å². The Labute approximate surface area is 183 Å². The molecule has 0 bridgehead atoms. The number of rotatable bonds is 6. The van der Waals surface area contributed by atoms with E-state index in [1.807, 2.05) is 25.1 Å². The second-order valence-corrected chi connectivity index (χ2v) is 7.19. The number of para-hydroxylation sites is 1. The van der Waals surface area contributed by atoms with Crippen LogP contribution >= 0.6 is 0 Å². The van der Waals surface area contributed by atoms with E-state index >= 15 is 0 Å². The highest BCUT2D eigenvalue weighted by molar-refractivity contribution is 6.20. The monoisotopic (exact) mass is 428 g/mol. The summed E-state index contributed by atoms with van der Waals surface area (Å²) in [5.74, 6) is -0.953. The van der Waals surface area contributed by atoms with Gasteiger partial charge in [-0.3, -0.25) is 19.7 Å². The summed E-state index contributed by atoms with van der Waals surface area (Å²) in [5, 5.41) is 14.0. The molecule has 0 saturated heterocycles. The number of carbonyl (C=O) groups is 2. The van der Waals surface area contributed by atoms with Crippen molar-refractivity contribution in [3.05, 3.63) is 105 Å². The van der Waals surface area contributed by atoms with Crippen LogP contribution in [0.5, 0.6) is 0 Å². The first-order valence-electron chi connectivity index (χ1n) is 9.99. The maximum atomic E-state index is 13.3. The van der Waals surface area contributed by atoms with E-state index in [4.69, 9.17) is 5.73 Å². The number of nitrogens with two attached hydrogens (primary N) is 1. The molecule has 0 spiro atoms. The van der Waals surface area contributed by atoms with Crippen LogP contribution in [0.4, 0.5) is 17.1 Å². The van der Waals surface area contributed by atoms with Crippen LogP contribution in [0.1, 0.15) is 38.9 Å².